The number of carbonyl (C=O) groups is 2. The van der Waals surface area contributed by atoms with Crippen molar-refractivity contribution in [2.45, 2.75) is 25.7 Å². The molecule has 0 radical (unpaired) electrons. The van der Waals surface area contributed by atoms with E-state index in [2.05, 4.69) is 5.32 Å². The van der Waals surface area contributed by atoms with E-state index in [1.165, 1.54) is 32.7 Å². The van der Waals surface area contributed by atoms with Crippen LogP contribution >= 0.6 is 11.3 Å². The highest BCUT2D eigenvalue weighted by Gasteiger charge is 2.27. The van der Waals surface area contributed by atoms with Crippen LogP contribution in [0, 0.1) is 0 Å². The zero-order chi connectivity index (χ0) is 18.7. The fourth-order valence-corrected chi connectivity index (χ4v) is 4.36. The zero-order valence-electron chi connectivity index (χ0n) is 15.0. The molecule has 0 aliphatic heterocycles. The summed E-state index contributed by atoms with van der Waals surface area (Å²) < 4.78 is 15.4. The Morgan fingerprint density at radius 1 is 1.00 bits per heavy atom. The van der Waals surface area contributed by atoms with Gasteiger partial charge in [0, 0.05) is 16.5 Å². The van der Waals surface area contributed by atoms with E-state index < -0.39 is 5.97 Å². The number of amides is 1. The number of hydrogen-bond donors (Lipinski definition) is 1. The predicted octanol–water partition coefficient (Wildman–Crippen LogP) is 3.68. The average Bonchev–Trinajstić information content (AvgIpc) is 3.04. The van der Waals surface area contributed by atoms with E-state index in [1.54, 1.807) is 18.2 Å². The van der Waals surface area contributed by atoms with Gasteiger partial charge in [-0.2, -0.15) is 0 Å². The van der Waals surface area contributed by atoms with Gasteiger partial charge in [-0.15, -0.1) is 11.3 Å². The maximum atomic E-state index is 12.8. The first-order valence-corrected chi connectivity index (χ1v) is 9.16. The van der Waals surface area contributed by atoms with Gasteiger partial charge in [0.05, 0.1) is 26.9 Å². The Bertz CT molecular complexity index is 820. The highest BCUT2D eigenvalue weighted by molar-refractivity contribution is 7.17. The molecular weight excluding hydrogens is 354 g/mol. The first-order chi connectivity index (χ1) is 12.6. The second-order valence-electron chi connectivity index (χ2n) is 5.96. The van der Waals surface area contributed by atoms with Crippen LogP contribution in [0.15, 0.2) is 18.2 Å². The lowest BCUT2D eigenvalue weighted by Gasteiger charge is -2.12. The second-order valence-corrected chi connectivity index (χ2v) is 7.07. The summed E-state index contributed by atoms with van der Waals surface area (Å²) >= 11 is 1.45. The number of hydrogen-bond acceptors (Lipinski definition) is 6. The second kappa shape index (κ2) is 7.78. The molecule has 0 spiro atoms. The van der Waals surface area contributed by atoms with Crippen LogP contribution in [-0.4, -0.2) is 33.2 Å². The summed E-state index contributed by atoms with van der Waals surface area (Å²) in [6, 6.07) is 4.95. The van der Waals surface area contributed by atoms with Crippen LogP contribution in [-0.2, 0) is 17.6 Å². The molecule has 0 fully saturated rings. The van der Waals surface area contributed by atoms with Crippen molar-refractivity contribution in [1.82, 2.24) is 0 Å². The highest BCUT2D eigenvalue weighted by Crippen LogP contribution is 2.39. The standard InChI is InChI=1S/C19H21NO5S/c1-23-12-8-11(9-13(10-12)24-2)17(21)20-18-16(19(22)25-3)14-6-4-5-7-15(14)26-18/h8-10H,4-7H2,1-3H3,(H,20,21). The summed E-state index contributed by atoms with van der Waals surface area (Å²) in [5.41, 5.74) is 1.88. The van der Waals surface area contributed by atoms with E-state index in [0.29, 0.717) is 27.6 Å². The Balaban J connectivity index is 1.95. The Labute approximate surface area is 156 Å². The fourth-order valence-electron chi connectivity index (χ4n) is 3.09. The van der Waals surface area contributed by atoms with Gasteiger partial charge in [-0.05, 0) is 43.4 Å². The monoisotopic (exact) mass is 375 g/mol. The molecule has 1 N–H and O–H groups in total. The van der Waals surface area contributed by atoms with Gasteiger partial charge in [0.1, 0.15) is 16.5 Å². The smallest absolute Gasteiger partial charge is 0.341 e. The molecule has 0 saturated heterocycles. The number of thiophene rings is 1. The van der Waals surface area contributed by atoms with Gasteiger partial charge >= 0.3 is 5.97 Å². The Hall–Kier alpha value is -2.54. The molecule has 1 aliphatic carbocycles. The predicted molar refractivity (Wildman–Crippen MR) is 99.8 cm³/mol. The third-order valence-electron chi connectivity index (χ3n) is 4.40. The molecule has 3 rings (SSSR count). The molecule has 6 nitrogen and oxygen atoms in total. The average molecular weight is 375 g/mol. The molecule has 1 aromatic carbocycles. The lowest BCUT2D eigenvalue weighted by atomic mass is 9.95. The quantitative estimate of drug-likeness (QED) is 0.807. The van der Waals surface area contributed by atoms with E-state index in [0.717, 1.165) is 36.1 Å². The maximum absolute atomic E-state index is 12.8. The SMILES string of the molecule is COC(=O)c1c(NC(=O)c2cc(OC)cc(OC)c2)sc2c1CCCC2. The van der Waals surface area contributed by atoms with Gasteiger partial charge < -0.3 is 19.5 Å². The normalized spacial score (nSPS) is 12.9. The number of carbonyl (C=O) groups excluding carboxylic acids is 2. The van der Waals surface area contributed by atoms with Crippen molar-refractivity contribution >= 4 is 28.2 Å². The molecule has 0 saturated carbocycles. The minimum absolute atomic E-state index is 0.328. The summed E-state index contributed by atoms with van der Waals surface area (Å²) in [4.78, 5) is 26.2. The molecule has 1 amide bonds. The van der Waals surface area contributed by atoms with Crippen molar-refractivity contribution in [1.29, 1.82) is 0 Å². The number of rotatable bonds is 5. The van der Waals surface area contributed by atoms with Crippen molar-refractivity contribution in [3.63, 3.8) is 0 Å². The third kappa shape index (κ3) is 3.53. The summed E-state index contributed by atoms with van der Waals surface area (Å²) in [5.74, 6) is 0.301. The minimum atomic E-state index is -0.414. The lowest BCUT2D eigenvalue weighted by Crippen LogP contribution is -2.15. The van der Waals surface area contributed by atoms with E-state index in [-0.39, 0.29) is 5.91 Å². The lowest BCUT2D eigenvalue weighted by molar-refractivity contribution is 0.0601. The van der Waals surface area contributed by atoms with Gasteiger partial charge in [-0.1, -0.05) is 0 Å². The molecule has 0 bridgehead atoms. The maximum Gasteiger partial charge on any atom is 0.341 e. The Kier molecular flexibility index (Phi) is 5.46. The van der Waals surface area contributed by atoms with E-state index in [9.17, 15) is 9.59 Å². The highest BCUT2D eigenvalue weighted by atomic mass is 32.1. The van der Waals surface area contributed by atoms with Crippen LogP contribution < -0.4 is 14.8 Å². The van der Waals surface area contributed by atoms with Crippen LogP contribution in [0.4, 0.5) is 5.00 Å². The topological polar surface area (TPSA) is 73.9 Å². The molecule has 1 aliphatic rings. The Morgan fingerprint density at radius 3 is 2.27 bits per heavy atom. The van der Waals surface area contributed by atoms with Crippen molar-refractivity contribution in [3.8, 4) is 11.5 Å². The van der Waals surface area contributed by atoms with Crippen LogP contribution in [0.25, 0.3) is 0 Å². The molecule has 1 heterocycles. The molecule has 0 atom stereocenters. The van der Waals surface area contributed by atoms with Crippen molar-refractivity contribution in [3.05, 3.63) is 39.8 Å². The number of benzene rings is 1. The van der Waals surface area contributed by atoms with Crippen molar-refractivity contribution in [2.75, 3.05) is 26.6 Å². The van der Waals surface area contributed by atoms with Gasteiger partial charge in [0.15, 0.2) is 0 Å². The van der Waals surface area contributed by atoms with E-state index in [1.807, 2.05) is 0 Å². The van der Waals surface area contributed by atoms with Crippen molar-refractivity contribution in [2.24, 2.45) is 0 Å². The number of nitrogens with one attached hydrogen (secondary N) is 1. The van der Waals surface area contributed by atoms with E-state index in [4.69, 9.17) is 14.2 Å². The first-order valence-electron chi connectivity index (χ1n) is 8.34. The van der Waals surface area contributed by atoms with Gasteiger partial charge in [-0.25, -0.2) is 4.79 Å². The molecule has 1 aromatic heterocycles. The fraction of sp³-hybridized carbons (Fsp3) is 0.368. The Morgan fingerprint density at radius 2 is 1.65 bits per heavy atom. The number of esters is 1. The van der Waals surface area contributed by atoms with Gasteiger partial charge in [0.2, 0.25) is 0 Å². The number of fused-ring (bicyclic) bond motifs is 1. The summed E-state index contributed by atoms with van der Waals surface area (Å²) in [6.07, 6.45) is 3.88. The zero-order valence-corrected chi connectivity index (χ0v) is 15.8. The molecule has 26 heavy (non-hydrogen) atoms. The first kappa shape index (κ1) is 18.3. The molecular formula is C19H21NO5S. The third-order valence-corrected chi connectivity index (χ3v) is 5.61. The summed E-state index contributed by atoms with van der Waals surface area (Å²) in [7, 11) is 4.41. The number of ether oxygens (including phenoxy) is 3. The summed E-state index contributed by atoms with van der Waals surface area (Å²) in [5, 5.41) is 3.41. The number of methoxy groups -OCH3 is 3. The number of aryl methyl sites for hydroxylation is 1. The van der Waals surface area contributed by atoms with Crippen molar-refractivity contribution < 1.29 is 23.8 Å². The molecule has 2 aromatic rings. The van der Waals surface area contributed by atoms with Crippen LogP contribution in [0.1, 0.15) is 44.0 Å². The largest absolute Gasteiger partial charge is 0.497 e. The number of anilines is 1. The molecule has 0 unspecified atom stereocenters. The van der Waals surface area contributed by atoms with Gasteiger partial charge in [0.25, 0.3) is 5.91 Å². The van der Waals surface area contributed by atoms with Crippen LogP contribution in [0.5, 0.6) is 11.5 Å². The molecule has 138 valence electrons. The van der Waals surface area contributed by atoms with Crippen LogP contribution in [0.2, 0.25) is 0 Å². The summed E-state index contributed by atoms with van der Waals surface area (Å²) in [6.45, 7) is 0. The minimum Gasteiger partial charge on any atom is -0.497 e. The van der Waals surface area contributed by atoms with Gasteiger partial charge in [-0.3, -0.25) is 4.79 Å². The van der Waals surface area contributed by atoms with Crippen LogP contribution in [0.3, 0.4) is 0 Å². The van der Waals surface area contributed by atoms with E-state index >= 15 is 0 Å². The molecule has 7 heteroatoms.